The van der Waals surface area contributed by atoms with Crippen LogP contribution in [-0.2, 0) is 11.2 Å². The second-order valence-corrected chi connectivity index (χ2v) is 5.39. The highest BCUT2D eigenvalue weighted by atomic mass is 32.1. The van der Waals surface area contributed by atoms with Crippen LogP contribution in [0, 0.1) is 11.6 Å². The number of halogens is 2. The molecule has 3 N–H and O–H groups in total. The van der Waals surface area contributed by atoms with Crippen LogP contribution in [0.15, 0.2) is 24.3 Å². The number of benzene rings is 1. The van der Waals surface area contributed by atoms with Crippen molar-refractivity contribution in [3.8, 4) is 0 Å². The molecule has 0 amide bonds. The van der Waals surface area contributed by atoms with Crippen molar-refractivity contribution in [2.24, 2.45) is 0 Å². The van der Waals surface area contributed by atoms with Gasteiger partial charge in [-0.25, -0.2) is 13.6 Å². The maximum atomic E-state index is 13.0. The molecule has 4 nitrogen and oxygen atoms in total. The summed E-state index contributed by atoms with van der Waals surface area (Å²) < 4.78 is 30.7. The average Bonchev–Trinajstić information content (AvgIpc) is 2.78. The molecule has 0 unspecified atom stereocenters. The summed E-state index contributed by atoms with van der Waals surface area (Å²) in [5.74, 6) is -1.69. The summed E-state index contributed by atoms with van der Waals surface area (Å²) in [7, 11) is 1.28. The Balaban J connectivity index is 1.96. The van der Waals surface area contributed by atoms with Crippen LogP contribution < -0.4 is 11.1 Å². The second-order valence-electron chi connectivity index (χ2n) is 4.34. The molecule has 0 aliphatic rings. The van der Waals surface area contributed by atoms with Crippen LogP contribution in [0.4, 0.5) is 19.5 Å². The van der Waals surface area contributed by atoms with Crippen LogP contribution in [-0.4, -0.2) is 19.6 Å². The van der Waals surface area contributed by atoms with Gasteiger partial charge in [0.25, 0.3) is 0 Å². The van der Waals surface area contributed by atoms with E-state index in [2.05, 4.69) is 10.1 Å². The van der Waals surface area contributed by atoms with E-state index in [1.165, 1.54) is 30.6 Å². The lowest BCUT2D eigenvalue weighted by Gasteiger charge is -2.04. The van der Waals surface area contributed by atoms with Crippen LogP contribution in [0.1, 0.15) is 15.2 Å². The van der Waals surface area contributed by atoms with E-state index in [-0.39, 0.29) is 0 Å². The summed E-state index contributed by atoms with van der Waals surface area (Å²) in [5, 5.41) is 3.76. The zero-order valence-electron chi connectivity index (χ0n) is 11.3. The molecule has 21 heavy (non-hydrogen) atoms. The Kier molecular flexibility index (Phi) is 4.74. The van der Waals surface area contributed by atoms with E-state index in [1.54, 1.807) is 6.07 Å². The molecule has 0 aliphatic heterocycles. The molecule has 0 saturated carbocycles. The van der Waals surface area contributed by atoms with E-state index in [4.69, 9.17) is 5.73 Å². The Morgan fingerprint density at radius 1 is 1.29 bits per heavy atom. The number of nitrogens with two attached hydrogens (primary N) is 1. The third-order valence-corrected chi connectivity index (χ3v) is 3.86. The van der Waals surface area contributed by atoms with Crippen molar-refractivity contribution >= 4 is 28.0 Å². The first kappa shape index (κ1) is 15.2. The summed E-state index contributed by atoms with van der Waals surface area (Å²) in [6, 6.07) is 5.03. The molecule has 1 aromatic carbocycles. The van der Waals surface area contributed by atoms with Gasteiger partial charge >= 0.3 is 5.97 Å². The minimum Gasteiger partial charge on any atom is -0.465 e. The van der Waals surface area contributed by atoms with Gasteiger partial charge in [-0.2, -0.15) is 0 Å². The molecule has 0 saturated heterocycles. The van der Waals surface area contributed by atoms with Crippen molar-refractivity contribution in [3.05, 3.63) is 46.3 Å². The largest absolute Gasteiger partial charge is 0.465 e. The van der Waals surface area contributed by atoms with Crippen molar-refractivity contribution in [2.45, 2.75) is 6.42 Å². The standard InChI is InChI=1S/C14H14F2N2O2S/c1-20-14(19)13-11(17)7-12(21-13)18-3-2-8-4-9(15)6-10(16)5-8/h4-7,18H,2-3,17H2,1H3. The fraction of sp³-hybridized carbons (Fsp3) is 0.214. The maximum absolute atomic E-state index is 13.0. The number of nitrogen functional groups attached to an aromatic ring is 1. The fourth-order valence-electron chi connectivity index (χ4n) is 1.83. The lowest BCUT2D eigenvalue weighted by atomic mass is 10.1. The number of anilines is 2. The van der Waals surface area contributed by atoms with Gasteiger partial charge in [0.1, 0.15) is 16.5 Å². The summed E-state index contributed by atoms with van der Waals surface area (Å²) in [6.07, 6.45) is 0.444. The van der Waals surface area contributed by atoms with Crippen LogP contribution in [0.5, 0.6) is 0 Å². The smallest absolute Gasteiger partial charge is 0.350 e. The summed E-state index contributed by atoms with van der Waals surface area (Å²) >= 11 is 1.17. The number of hydrogen-bond donors (Lipinski definition) is 2. The highest BCUT2D eigenvalue weighted by Gasteiger charge is 2.14. The monoisotopic (exact) mass is 312 g/mol. The number of ether oxygens (including phenoxy) is 1. The SMILES string of the molecule is COC(=O)c1sc(NCCc2cc(F)cc(F)c2)cc1N. The van der Waals surface area contributed by atoms with Crippen LogP contribution in [0.3, 0.4) is 0 Å². The van der Waals surface area contributed by atoms with Crippen molar-refractivity contribution in [3.63, 3.8) is 0 Å². The van der Waals surface area contributed by atoms with Gasteiger partial charge in [0.15, 0.2) is 0 Å². The quantitative estimate of drug-likeness (QED) is 0.833. The third kappa shape index (κ3) is 3.91. The number of methoxy groups -OCH3 is 1. The summed E-state index contributed by atoms with van der Waals surface area (Å²) in [5.41, 5.74) is 6.60. The van der Waals surface area contributed by atoms with E-state index < -0.39 is 17.6 Å². The number of rotatable bonds is 5. The molecule has 0 atom stereocenters. The Morgan fingerprint density at radius 3 is 2.57 bits per heavy atom. The molecular formula is C14H14F2N2O2S. The Hall–Kier alpha value is -2.15. The minimum atomic E-state index is -0.599. The van der Waals surface area contributed by atoms with Gasteiger partial charge in [-0.1, -0.05) is 0 Å². The average molecular weight is 312 g/mol. The van der Waals surface area contributed by atoms with Gasteiger partial charge in [-0.15, -0.1) is 11.3 Å². The zero-order chi connectivity index (χ0) is 15.4. The van der Waals surface area contributed by atoms with E-state index >= 15 is 0 Å². The zero-order valence-corrected chi connectivity index (χ0v) is 12.1. The fourth-order valence-corrected chi connectivity index (χ4v) is 2.75. The van der Waals surface area contributed by atoms with E-state index in [0.717, 1.165) is 6.07 Å². The molecule has 2 aromatic rings. The first-order valence-corrected chi connectivity index (χ1v) is 6.97. The minimum absolute atomic E-state index is 0.330. The Morgan fingerprint density at radius 2 is 1.95 bits per heavy atom. The van der Waals surface area contributed by atoms with E-state index in [0.29, 0.717) is 34.1 Å². The number of hydrogen-bond acceptors (Lipinski definition) is 5. The van der Waals surface area contributed by atoms with E-state index in [1.807, 2.05) is 0 Å². The highest BCUT2D eigenvalue weighted by molar-refractivity contribution is 7.18. The molecule has 0 fully saturated rings. The van der Waals surface area contributed by atoms with E-state index in [9.17, 15) is 13.6 Å². The number of carbonyl (C=O) groups is 1. The van der Waals surface area contributed by atoms with Crippen molar-refractivity contribution in [1.82, 2.24) is 0 Å². The van der Waals surface area contributed by atoms with Gasteiger partial charge in [-0.3, -0.25) is 0 Å². The molecule has 0 bridgehead atoms. The Bertz CT molecular complexity index is 638. The maximum Gasteiger partial charge on any atom is 0.350 e. The lowest BCUT2D eigenvalue weighted by Crippen LogP contribution is -2.04. The van der Waals surface area contributed by atoms with Gasteiger partial charge in [-0.05, 0) is 30.2 Å². The molecule has 0 aliphatic carbocycles. The second kappa shape index (κ2) is 6.53. The van der Waals surface area contributed by atoms with Crippen LogP contribution >= 0.6 is 11.3 Å². The molecule has 7 heteroatoms. The Labute approximate surface area is 124 Å². The molecule has 112 valence electrons. The van der Waals surface area contributed by atoms with Crippen molar-refractivity contribution in [2.75, 3.05) is 24.7 Å². The highest BCUT2D eigenvalue weighted by Crippen LogP contribution is 2.29. The first-order valence-electron chi connectivity index (χ1n) is 6.16. The lowest BCUT2D eigenvalue weighted by molar-refractivity contribution is 0.0607. The number of nitrogens with one attached hydrogen (secondary N) is 1. The molecule has 1 heterocycles. The molecular weight excluding hydrogens is 298 g/mol. The number of esters is 1. The predicted octanol–water partition coefficient (Wildman–Crippen LogP) is 3.05. The van der Waals surface area contributed by atoms with Gasteiger partial charge < -0.3 is 15.8 Å². The van der Waals surface area contributed by atoms with Gasteiger partial charge in [0, 0.05) is 12.6 Å². The van der Waals surface area contributed by atoms with Gasteiger partial charge in [0.2, 0.25) is 0 Å². The van der Waals surface area contributed by atoms with Crippen LogP contribution in [0.25, 0.3) is 0 Å². The third-order valence-electron chi connectivity index (χ3n) is 2.77. The van der Waals surface area contributed by atoms with Crippen molar-refractivity contribution in [1.29, 1.82) is 0 Å². The normalized spacial score (nSPS) is 10.4. The molecule has 2 rings (SSSR count). The molecule has 0 spiro atoms. The first-order chi connectivity index (χ1) is 9.99. The number of carbonyl (C=O) groups excluding carboxylic acids is 1. The topological polar surface area (TPSA) is 64.3 Å². The van der Waals surface area contributed by atoms with Crippen molar-refractivity contribution < 1.29 is 18.3 Å². The summed E-state index contributed by atoms with van der Waals surface area (Å²) in [4.78, 5) is 11.7. The summed E-state index contributed by atoms with van der Waals surface area (Å²) in [6.45, 7) is 0.462. The number of thiophene rings is 1. The predicted molar refractivity (Wildman–Crippen MR) is 78.6 cm³/mol. The van der Waals surface area contributed by atoms with Gasteiger partial charge in [0.05, 0.1) is 17.8 Å². The molecule has 0 radical (unpaired) electrons. The van der Waals surface area contributed by atoms with Crippen LogP contribution in [0.2, 0.25) is 0 Å². The molecule has 1 aromatic heterocycles.